The van der Waals surface area contributed by atoms with E-state index in [2.05, 4.69) is 22.6 Å². The van der Waals surface area contributed by atoms with Crippen LogP contribution in [0.4, 0.5) is 17.1 Å². The molecule has 10 heteroatoms. The maximum atomic E-state index is 13.4. The Morgan fingerprint density at radius 1 is 0.848 bits per heavy atom. The van der Waals surface area contributed by atoms with Crippen molar-refractivity contribution in [2.75, 3.05) is 76.6 Å². The smallest absolute Gasteiger partial charge is 0.257 e. The van der Waals surface area contributed by atoms with Crippen molar-refractivity contribution in [2.45, 2.75) is 39.2 Å². The number of amides is 3. The number of methoxy groups -OCH3 is 1. The number of ether oxygens (including phenoxy) is 2. The molecular formula is C36H47N5O5. The number of unbranched alkanes of at least 4 members (excludes halogenated alkanes) is 2. The van der Waals surface area contributed by atoms with Crippen LogP contribution in [-0.4, -0.2) is 88.6 Å². The van der Waals surface area contributed by atoms with Gasteiger partial charge in [-0.25, -0.2) is 0 Å². The third-order valence-electron chi connectivity index (χ3n) is 8.08. The Kier molecular flexibility index (Phi) is 12.6. The number of carbonyl (C=O) groups is 3. The number of hydrogen-bond acceptors (Lipinski definition) is 7. The number of anilines is 3. The maximum absolute atomic E-state index is 13.4. The summed E-state index contributed by atoms with van der Waals surface area (Å²) in [7, 11) is 7.43. The Bertz CT molecular complexity index is 1500. The summed E-state index contributed by atoms with van der Waals surface area (Å²) in [5.41, 5.74) is 4.62. The predicted octanol–water partition coefficient (Wildman–Crippen LogP) is 5.43. The molecule has 3 aromatic carbocycles. The molecule has 3 amide bonds. The van der Waals surface area contributed by atoms with E-state index in [0.29, 0.717) is 46.8 Å². The van der Waals surface area contributed by atoms with Gasteiger partial charge >= 0.3 is 0 Å². The SMILES string of the molecule is COCc1cc(C(=O)Nc2ccc(C)cc2OCCCCCC(=O)N2CCN(C)CC2)ccc1NC(=O)c1ccccc1N(C)C. The zero-order valence-corrected chi connectivity index (χ0v) is 27.7. The molecule has 1 aliphatic heterocycles. The van der Waals surface area contributed by atoms with Crippen molar-refractivity contribution in [3.63, 3.8) is 0 Å². The number of nitrogens with zero attached hydrogens (tertiary/aromatic N) is 3. The van der Waals surface area contributed by atoms with E-state index in [9.17, 15) is 14.4 Å². The van der Waals surface area contributed by atoms with Gasteiger partial charge in [0.15, 0.2) is 0 Å². The molecule has 46 heavy (non-hydrogen) atoms. The van der Waals surface area contributed by atoms with Crippen molar-refractivity contribution < 1.29 is 23.9 Å². The van der Waals surface area contributed by atoms with Crippen molar-refractivity contribution in [2.24, 2.45) is 0 Å². The van der Waals surface area contributed by atoms with Crippen molar-refractivity contribution in [3.8, 4) is 5.75 Å². The number of hydrogen-bond donors (Lipinski definition) is 2. The first-order valence-corrected chi connectivity index (χ1v) is 15.9. The Balaban J connectivity index is 1.34. The first-order chi connectivity index (χ1) is 22.2. The van der Waals surface area contributed by atoms with Crippen LogP contribution in [0.3, 0.4) is 0 Å². The molecule has 2 N–H and O–H groups in total. The lowest BCUT2D eigenvalue weighted by Crippen LogP contribution is -2.47. The summed E-state index contributed by atoms with van der Waals surface area (Å²) in [5.74, 6) is 0.282. The van der Waals surface area contributed by atoms with Crippen LogP contribution >= 0.6 is 0 Å². The van der Waals surface area contributed by atoms with Crippen LogP contribution in [0.5, 0.6) is 5.75 Å². The topological polar surface area (TPSA) is 103 Å². The number of piperazine rings is 1. The second-order valence-electron chi connectivity index (χ2n) is 12.0. The van der Waals surface area contributed by atoms with Gasteiger partial charge in [-0.3, -0.25) is 14.4 Å². The van der Waals surface area contributed by atoms with E-state index in [4.69, 9.17) is 9.47 Å². The summed E-state index contributed by atoms with van der Waals surface area (Å²) in [5, 5.41) is 5.96. The molecule has 0 bridgehead atoms. The summed E-state index contributed by atoms with van der Waals surface area (Å²) in [6, 6.07) is 18.2. The zero-order chi connectivity index (χ0) is 33.1. The van der Waals surface area contributed by atoms with Gasteiger partial charge in [0.05, 0.1) is 24.5 Å². The van der Waals surface area contributed by atoms with E-state index in [1.807, 2.05) is 67.2 Å². The van der Waals surface area contributed by atoms with Crippen LogP contribution in [0.1, 0.15) is 57.5 Å². The van der Waals surface area contributed by atoms with Gasteiger partial charge in [0.2, 0.25) is 5.91 Å². The Labute approximate surface area is 272 Å². The fourth-order valence-corrected chi connectivity index (χ4v) is 5.37. The average molecular weight is 630 g/mol. The molecule has 246 valence electrons. The highest BCUT2D eigenvalue weighted by molar-refractivity contribution is 6.09. The molecule has 0 aliphatic carbocycles. The van der Waals surface area contributed by atoms with Crippen LogP contribution in [0.2, 0.25) is 0 Å². The third-order valence-corrected chi connectivity index (χ3v) is 8.08. The van der Waals surface area contributed by atoms with Crippen LogP contribution < -0.4 is 20.3 Å². The third kappa shape index (κ3) is 9.55. The molecule has 4 rings (SSSR count). The minimum absolute atomic E-state index is 0.214. The molecule has 1 saturated heterocycles. The Hall–Kier alpha value is -4.41. The first kappa shape index (κ1) is 34.5. The van der Waals surface area contributed by atoms with Crippen LogP contribution in [0, 0.1) is 6.92 Å². The maximum Gasteiger partial charge on any atom is 0.257 e. The normalized spacial score (nSPS) is 13.3. The van der Waals surface area contributed by atoms with Crippen molar-refractivity contribution in [1.29, 1.82) is 0 Å². The Morgan fingerprint density at radius 3 is 2.30 bits per heavy atom. The molecule has 10 nitrogen and oxygen atoms in total. The van der Waals surface area contributed by atoms with Gasteiger partial charge in [-0.1, -0.05) is 18.2 Å². The standard InChI is InChI=1S/C36H47N5O5/c1-26-14-16-31(33(23-26)46-22-10-6-7-13-34(42)41-20-18-40(4)19-21-41)38-35(43)27-15-17-30(28(24-27)25-45-5)37-36(44)29-11-8-9-12-32(29)39(2)3/h8-9,11-12,14-17,23-24H,6-7,10,13,18-22,25H2,1-5H3,(H,37,44)(H,38,43). The molecule has 0 atom stereocenters. The number of benzene rings is 3. The summed E-state index contributed by atoms with van der Waals surface area (Å²) in [6.07, 6.45) is 3.09. The second kappa shape index (κ2) is 16.8. The van der Waals surface area contributed by atoms with E-state index >= 15 is 0 Å². The fourth-order valence-electron chi connectivity index (χ4n) is 5.37. The van der Waals surface area contributed by atoms with Crippen LogP contribution in [0.25, 0.3) is 0 Å². The predicted molar refractivity (Wildman–Crippen MR) is 183 cm³/mol. The quantitative estimate of drug-likeness (QED) is 0.230. The van der Waals surface area contributed by atoms with E-state index in [0.717, 1.165) is 56.7 Å². The number of para-hydroxylation sites is 1. The molecule has 0 aromatic heterocycles. The van der Waals surface area contributed by atoms with E-state index in [1.54, 1.807) is 31.4 Å². The molecule has 1 fully saturated rings. The summed E-state index contributed by atoms with van der Waals surface area (Å²) >= 11 is 0. The number of nitrogens with one attached hydrogen (secondary N) is 2. The van der Waals surface area contributed by atoms with Gasteiger partial charge in [0.25, 0.3) is 11.8 Å². The highest BCUT2D eigenvalue weighted by Gasteiger charge is 2.19. The highest BCUT2D eigenvalue weighted by Crippen LogP contribution is 2.28. The van der Waals surface area contributed by atoms with Gasteiger partial charge < -0.3 is 34.8 Å². The van der Waals surface area contributed by atoms with Crippen LogP contribution in [0.15, 0.2) is 60.7 Å². The molecule has 0 spiro atoms. The first-order valence-electron chi connectivity index (χ1n) is 15.9. The van der Waals surface area contributed by atoms with Crippen LogP contribution in [-0.2, 0) is 16.1 Å². The van der Waals surface area contributed by atoms with Crippen molar-refractivity contribution >= 4 is 34.8 Å². The second-order valence-corrected chi connectivity index (χ2v) is 12.0. The lowest BCUT2D eigenvalue weighted by Gasteiger charge is -2.32. The van der Waals surface area contributed by atoms with Gasteiger partial charge in [-0.05, 0) is 81.3 Å². The number of carbonyl (C=O) groups excluding carboxylic acids is 3. The molecular weight excluding hydrogens is 582 g/mol. The Morgan fingerprint density at radius 2 is 1.57 bits per heavy atom. The largest absolute Gasteiger partial charge is 0.491 e. The average Bonchev–Trinajstić information content (AvgIpc) is 3.04. The number of aryl methyl sites for hydroxylation is 1. The summed E-state index contributed by atoms with van der Waals surface area (Å²) < 4.78 is 11.5. The fraction of sp³-hybridized carbons (Fsp3) is 0.417. The minimum Gasteiger partial charge on any atom is -0.491 e. The van der Waals surface area contributed by atoms with Gasteiger partial charge in [-0.2, -0.15) is 0 Å². The van der Waals surface area contributed by atoms with Crippen molar-refractivity contribution in [3.05, 3.63) is 82.9 Å². The van der Waals surface area contributed by atoms with Gasteiger partial charge in [-0.15, -0.1) is 0 Å². The summed E-state index contributed by atoms with van der Waals surface area (Å²) in [4.78, 5) is 45.1. The lowest BCUT2D eigenvalue weighted by atomic mass is 10.1. The molecule has 1 heterocycles. The molecule has 3 aromatic rings. The lowest BCUT2D eigenvalue weighted by molar-refractivity contribution is -0.132. The van der Waals surface area contributed by atoms with E-state index in [-0.39, 0.29) is 24.3 Å². The molecule has 0 saturated carbocycles. The van der Waals surface area contributed by atoms with Gasteiger partial charge in [0, 0.05) is 76.3 Å². The summed E-state index contributed by atoms with van der Waals surface area (Å²) in [6.45, 7) is 6.15. The molecule has 0 radical (unpaired) electrons. The van der Waals surface area contributed by atoms with Crippen molar-refractivity contribution in [1.82, 2.24) is 9.80 Å². The minimum atomic E-state index is -0.302. The zero-order valence-electron chi connectivity index (χ0n) is 27.7. The van der Waals surface area contributed by atoms with E-state index < -0.39 is 0 Å². The number of likely N-dealkylation sites (N-methyl/N-ethyl adjacent to an activating group) is 1. The molecule has 0 unspecified atom stereocenters. The molecule has 1 aliphatic rings. The van der Waals surface area contributed by atoms with Gasteiger partial charge in [0.1, 0.15) is 5.75 Å². The monoisotopic (exact) mass is 629 g/mol. The van der Waals surface area contributed by atoms with E-state index in [1.165, 1.54) is 0 Å². The highest BCUT2D eigenvalue weighted by atomic mass is 16.5. The number of rotatable bonds is 14.